The van der Waals surface area contributed by atoms with Crippen LogP contribution in [0.2, 0.25) is 0 Å². The Labute approximate surface area is 186 Å². The van der Waals surface area contributed by atoms with Crippen molar-refractivity contribution in [1.82, 2.24) is 9.80 Å². The highest BCUT2D eigenvalue weighted by molar-refractivity contribution is 6.09. The number of hydrogen-bond acceptors (Lipinski definition) is 6. The normalized spacial score (nSPS) is 38.6. The molecule has 8 atom stereocenters. The highest BCUT2D eigenvalue weighted by Gasteiger charge is 2.74. The van der Waals surface area contributed by atoms with E-state index in [2.05, 4.69) is 13.2 Å². The maximum Gasteiger partial charge on any atom is 0.233 e. The third kappa shape index (κ3) is 2.82. The van der Waals surface area contributed by atoms with Crippen LogP contribution < -0.4 is 0 Å². The van der Waals surface area contributed by atoms with Gasteiger partial charge >= 0.3 is 0 Å². The van der Waals surface area contributed by atoms with Gasteiger partial charge in [0.25, 0.3) is 0 Å². The van der Waals surface area contributed by atoms with Crippen molar-refractivity contribution in [2.24, 2.45) is 47.3 Å². The molecule has 0 unspecified atom stereocenters. The predicted octanol–water partition coefficient (Wildman–Crippen LogP) is 0.656. The van der Waals surface area contributed by atoms with E-state index in [1.807, 2.05) is 12.2 Å². The van der Waals surface area contributed by atoms with Gasteiger partial charge in [0, 0.05) is 0 Å². The van der Waals surface area contributed by atoms with Crippen LogP contribution in [0.1, 0.15) is 0 Å². The number of fused-ring (bicyclic) bond motifs is 1. The van der Waals surface area contributed by atoms with Crippen LogP contribution in [-0.2, 0) is 28.7 Å². The summed E-state index contributed by atoms with van der Waals surface area (Å²) in [7, 11) is 0. The minimum atomic E-state index is -0.438. The molecule has 170 valence electrons. The van der Waals surface area contributed by atoms with E-state index < -0.39 is 23.7 Å². The highest BCUT2D eigenvalue weighted by Crippen LogP contribution is 2.68. The second kappa shape index (κ2) is 8.08. The van der Waals surface area contributed by atoms with Crippen molar-refractivity contribution >= 4 is 23.6 Å². The Kier molecular flexibility index (Phi) is 5.37. The molecule has 0 N–H and O–H groups in total. The zero-order valence-electron chi connectivity index (χ0n) is 17.9. The molecule has 8 nitrogen and oxygen atoms in total. The summed E-state index contributed by atoms with van der Waals surface area (Å²) >= 11 is 0. The van der Waals surface area contributed by atoms with E-state index in [0.29, 0.717) is 13.2 Å². The fourth-order valence-corrected chi connectivity index (χ4v) is 6.81. The van der Waals surface area contributed by atoms with E-state index in [9.17, 15) is 19.2 Å². The summed E-state index contributed by atoms with van der Waals surface area (Å²) in [5.41, 5.74) is 0. The number of imide groups is 2. The Bertz CT molecular complexity index is 856. The smallest absolute Gasteiger partial charge is 0.233 e. The van der Waals surface area contributed by atoms with Crippen molar-refractivity contribution in [2.75, 3.05) is 39.5 Å². The molecule has 2 heterocycles. The maximum absolute atomic E-state index is 13.2. The molecule has 6 rings (SSSR count). The van der Waals surface area contributed by atoms with Crippen molar-refractivity contribution in [3.05, 3.63) is 37.5 Å². The van der Waals surface area contributed by atoms with Crippen molar-refractivity contribution in [2.45, 2.75) is 0 Å². The Hall–Kier alpha value is -2.58. The first-order chi connectivity index (χ1) is 15.5. The minimum absolute atomic E-state index is 0.0551. The molecule has 4 fully saturated rings. The average Bonchev–Trinajstić information content (AvgIpc) is 3.14. The van der Waals surface area contributed by atoms with Gasteiger partial charge in [-0.3, -0.25) is 29.0 Å². The standard InChI is InChI=1S/C24H28N2O6/c1-3-9-31-11-7-25-21(27)17-13-5-6-14(18(17)22(25)28)16-15(13)19-20(16)24(30)26(23(19)29)8-12-32-10-4-2/h3-6,13-20H,1-2,7-12H2/t13-,14-,15-,16-,17-,18+,19+,20-/m0/s1. The topological polar surface area (TPSA) is 93.2 Å². The van der Waals surface area contributed by atoms with Crippen LogP contribution in [0.15, 0.2) is 37.5 Å². The van der Waals surface area contributed by atoms with Crippen molar-refractivity contribution < 1.29 is 28.7 Å². The van der Waals surface area contributed by atoms with E-state index in [1.54, 1.807) is 12.2 Å². The van der Waals surface area contributed by atoms with Gasteiger partial charge in [-0.1, -0.05) is 24.3 Å². The van der Waals surface area contributed by atoms with Gasteiger partial charge in [0.1, 0.15) is 0 Å². The van der Waals surface area contributed by atoms with E-state index in [0.717, 1.165) is 0 Å². The number of carbonyl (C=O) groups is 4. The summed E-state index contributed by atoms with van der Waals surface area (Å²) in [5, 5.41) is 0. The third-order valence-corrected chi connectivity index (χ3v) is 7.92. The molecule has 0 radical (unpaired) electrons. The monoisotopic (exact) mass is 440 g/mol. The lowest BCUT2D eigenvalue weighted by atomic mass is 9.40. The van der Waals surface area contributed by atoms with E-state index >= 15 is 0 Å². The zero-order chi connectivity index (χ0) is 22.6. The number of likely N-dealkylation sites (tertiary alicyclic amines) is 2. The summed E-state index contributed by atoms with van der Waals surface area (Å²) in [6.07, 6.45) is 7.27. The molecule has 4 amide bonds. The first-order valence-electron chi connectivity index (χ1n) is 11.3. The summed E-state index contributed by atoms with van der Waals surface area (Å²) in [4.78, 5) is 55.2. The van der Waals surface area contributed by atoms with Gasteiger partial charge in [-0.25, -0.2) is 0 Å². The second-order valence-corrected chi connectivity index (χ2v) is 9.18. The van der Waals surface area contributed by atoms with Crippen LogP contribution in [0.4, 0.5) is 0 Å². The van der Waals surface area contributed by atoms with Gasteiger partial charge in [-0.2, -0.15) is 0 Å². The van der Waals surface area contributed by atoms with Crippen LogP contribution in [0.5, 0.6) is 0 Å². The minimum Gasteiger partial charge on any atom is -0.376 e. The third-order valence-electron chi connectivity index (χ3n) is 7.92. The molecule has 0 aromatic rings. The largest absolute Gasteiger partial charge is 0.376 e. The van der Waals surface area contributed by atoms with Gasteiger partial charge in [-0.05, 0) is 23.7 Å². The zero-order valence-corrected chi connectivity index (χ0v) is 17.9. The van der Waals surface area contributed by atoms with E-state index in [-0.39, 0.29) is 73.6 Å². The molecule has 6 aliphatic rings. The SMILES string of the molecule is C=CCOCCN1C(=O)[C@@H]2[C@H]3C=C[C@H]([C@@H]2C1=O)[C@@H]1[C@H]2C(=O)N(CCOCC=C)C(=O)[C@H]2[C@@H]31. The predicted molar refractivity (Wildman–Crippen MR) is 113 cm³/mol. The Morgan fingerprint density at radius 2 is 1.06 bits per heavy atom. The fourth-order valence-electron chi connectivity index (χ4n) is 6.81. The lowest BCUT2D eigenvalue weighted by Crippen LogP contribution is -2.63. The number of ether oxygens (including phenoxy) is 2. The molecular formula is C24H28N2O6. The molecule has 2 aliphatic heterocycles. The van der Waals surface area contributed by atoms with Crippen molar-refractivity contribution in [3.63, 3.8) is 0 Å². The maximum atomic E-state index is 13.2. The Morgan fingerprint density at radius 1 is 0.688 bits per heavy atom. The Morgan fingerprint density at radius 3 is 1.44 bits per heavy atom. The van der Waals surface area contributed by atoms with Gasteiger partial charge in [0.15, 0.2) is 0 Å². The van der Waals surface area contributed by atoms with Crippen LogP contribution >= 0.6 is 0 Å². The van der Waals surface area contributed by atoms with Crippen molar-refractivity contribution in [3.8, 4) is 0 Å². The molecule has 2 saturated carbocycles. The number of allylic oxidation sites excluding steroid dienone is 2. The van der Waals surface area contributed by atoms with Gasteiger partial charge in [0.2, 0.25) is 23.6 Å². The van der Waals surface area contributed by atoms with Crippen LogP contribution in [-0.4, -0.2) is 72.9 Å². The summed E-state index contributed by atoms with van der Waals surface area (Å²) in [6, 6.07) is 0. The van der Waals surface area contributed by atoms with Gasteiger partial charge in [0.05, 0.1) is 63.2 Å². The van der Waals surface area contributed by atoms with E-state index in [1.165, 1.54) is 9.80 Å². The highest BCUT2D eigenvalue weighted by atomic mass is 16.5. The molecule has 2 bridgehead atoms. The fraction of sp³-hybridized carbons (Fsp3) is 0.583. The first-order valence-corrected chi connectivity index (χ1v) is 11.3. The molecule has 0 spiro atoms. The average molecular weight is 440 g/mol. The van der Waals surface area contributed by atoms with Crippen LogP contribution in [0.25, 0.3) is 0 Å². The van der Waals surface area contributed by atoms with E-state index in [4.69, 9.17) is 9.47 Å². The van der Waals surface area contributed by atoms with Gasteiger partial charge in [-0.15, -0.1) is 13.2 Å². The lowest BCUT2D eigenvalue weighted by Gasteiger charge is -2.60. The number of rotatable bonds is 10. The van der Waals surface area contributed by atoms with Crippen LogP contribution in [0.3, 0.4) is 0 Å². The quantitative estimate of drug-likeness (QED) is 0.281. The number of carbonyl (C=O) groups excluding carboxylic acids is 4. The molecule has 4 aliphatic carbocycles. The summed E-state index contributed by atoms with van der Waals surface area (Å²) in [5.74, 6) is -2.79. The van der Waals surface area contributed by atoms with Crippen LogP contribution in [0, 0.1) is 47.3 Å². The molecule has 0 aromatic carbocycles. The number of amides is 4. The molecule has 8 heteroatoms. The Balaban J connectivity index is 1.33. The molecule has 0 aromatic heterocycles. The summed E-state index contributed by atoms with van der Waals surface area (Å²) < 4.78 is 10.7. The molecule has 2 saturated heterocycles. The number of nitrogens with zero attached hydrogens (tertiary/aromatic N) is 2. The molecular weight excluding hydrogens is 412 g/mol. The summed E-state index contributed by atoms with van der Waals surface area (Å²) in [6.45, 7) is 8.89. The second-order valence-electron chi connectivity index (χ2n) is 9.18. The first kappa shape index (κ1) is 21.3. The number of hydrogen-bond donors (Lipinski definition) is 0. The molecule has 32 heavy (non-hydrogen) atoms. The van der Waals surface area contributed by atoms with Gasteiger partial charge < -0.3 is 9.47 Å². The lowest BCUT2D eigenvalue weighted by molar-refractivity contribution is -0.166. The van der Waals surface area contributed by atoms with Crippen molar-refractivity contribution in [1.29, 1.82) is 0 Å².